The molecular weight excluding hydrogens is 347 g/mol. The minimum absolute atomic E-state index is 0.00315. The third-order valence-electron chi connectivity index (χ3n) is 4.87. The molecule has 0 unspecified atom stereocenters. The van der Waals surface area contributed by atoms with Crippen LogP contribution in [-0.2, 0) is 0 Å². The zero-order valence-corrected chi connectivity index (χ0v) is 15.1. The minimum Gasteiger partial charge on any atom is -0.338 e. The molecule has 1 saturated heterocycles. The van der Waals surface area contributed by atoms with Gasteiger partial charge in [0.2, 0.25) is 0 Å². The van der Waals surface area contributed by atoms with Gasteiger partial charge in [-0.2, -0.15) is 0 Å². The second-order valence-electron chi connectivity index (χ2n) is 6.49. The summed E-state index contributed by atoms with van der Waals surface area (Å²) in [5.74, 6) is 0.191. The van der Waals surface area contributed by atoms with Crippen molar-refractivity contribution in [1.82, 2.24) is 9.88 Å². The van der Waals surface area contributed by atoms with Crippen molar-refractivity contribution in [3.63, 3.8) is 0 Å². The van der Waals surface area contributed by atoms with Gasteiger partial charge in [-0.05, 0) is 36.5 Å². The van der Waals surface area contributed by atoms with Crippen molar-refractivity contribution < 1.29 is 9.18 Å². The average molecular weight is 366 g/mol. The first-order chi connectivity index (χ1) is 12.7. The molecule has 5 heteroatoms. The van der Waals surface area contributed by atoms with E-state index >= 15 is 0 Å². The molecule has 4 rings (SSSR count). The Hall–Kier alpha value is -2.53. The standard InChI is InChI=1S/C21H19FN2OS/c22-18-9-5-4-8-17(18)20-23-14-19(26-20)21(25)24-12-10-16(11-13-24)15-6-2-1-3-7-15/h1-9,14,16H,10-13H2. The van der Waals surface area contributed by atoms with Gasteiger partial charge in [0.1, 0.15) is 15.7 Å². The molecule has 2 heterocycles. The quantitative estimate of drug-likeness (QED) is 0.656. The number of hydrogen-bond donors (Lipinski definition) is 0. The number of benzene rings is 2. The van der Waals surface area contributed by atoms with Crippen LogP contribution in [0.15, 0.2) is 60.8 Å². The highest BCUT2D eigenvalue weighted by Gasteiger charge is 2.26. The number of halogens is 1. The normalized spacial score (nSPS) is 15.2. The van der Waals surface area contributed by atoms with E-state index in [1.54, 1.807) is 24.4 Å². The van der Waals surface area contributed by atoms with E-state index in [4.69, 9.17) is 0 Å². The first kappa shape index (κ1) is 16.9. The molecule has 1 aliphatic heterocycles. The van der Waals surface area contributed by atoms with Crippen molar-refractivity contribution in [2.45, 2.75) is 18.8 Å². The molecule has 1 fully saturated rings. The number of amides is 1. The van der Waals surface area contributed by atoms with Crippen LogP contribution >= 0.6 is 11.3 Å². The lowest BCUT2D eigenvalue weighted by atomic mass is 9.89. The maximum Gasteiger partial charge on any atom is 0.265 e. The topological polar surface area (TPSA) is 33.2 Å². The van der Waals surface area contributed by atoms with Crippen LogP contribution in [0.25, 0.3) is 10.6 Å². The second-order valence-corrected chi connectivity index (χ2v) is 7.52. The largest absolute Gasteiger partial charge is 0.338 e. The summed E-state index contributed by atoms with van der Waals surface area (Å²) in [4.78, 5) is 19.5. The predicted octanol–water partition coefficient (Wildman–Crippen LogP) is 4.97. The van der Waals surface area contributed by atoms with E-state index in [1.807, 2.05) is 11.0 Å². The van der Waals surface area contributed by atoms with E-state index in [0.29, 0.717) is 21.4 Å². The lowest BCUT2D eigenvalue weighted by molar-refractivity contribution is 0.0717. The molecular formula is C21H19FN2OS. The van der Waals surface area contributed by atoms with Crippen LogP contribution in [0.1, 0.15) is 34.0 Å². The second kappa shape index (κ2) is 7.38. The summed E-state index contributed by atoms with van der Waals surface area (Å²) in [5.41, 5.74) is 1.79. The molecule has 2 aromatic carbocycles. The zero-order valence-electron chi connectivity index (χ0n) is 14.3. The Balaban J connectivity index is 1.44. The van der Waals surface area contributed by atoms with Gasteiger partial charge in [-0.25, -0.2) is 9.37 Å². The summed E-state index contributed by atoms with van der Waals surface area (Å²) >= 11 is 1.26. The van der Waals surface area contributed by atoms with Crippen molar-refractivity contribution in [3.05, 3.63) is 77.1 Å². The smallest absolute Gasteiger partial charge is 0.265 e. The SMILES string of the molecule is O=C(c1cnc(-c2ccccc2F)s1)N1CCC(c2ccccc2)CC1. The summed E-state index contributed by atoms with van der Waals surface area (Å²) in [5, 5.41) is 0.547. The molecule has 3 aromatic rings. The van der Waals surface area contributed by atoms with Gasteiger partial charge in [0.15, 0.2) is 0 Å². The number of carbonyl (C=O) groups is 1. The van der Waals surface area contributed by atoms with Gasteiger partial charge in [-0.15, -0.1) is 11.3 Å². The molecule has 26 heavy (non-hydrogen) atoms. The van der Waals surface area contributed by atoms with E-state index in [-0.39, 0.29) is 11.7 Å². The van der Waals surface area contributed by atoms with Crippen LogP contribution in [0.2, 0.25) is 0 Å². The lowest BCUT2D eigenvalue weighted by Gasteiger charge is -2.31. The fraction of sp³-hybridized carbons (Fsp3) is 0.238. The van der Waals surface area contributed by atoms with Crippen LogP contribution in [0, 0.1) is 5.82 Å². The van der Waals surface area contributed by atoms with Gasteiger partial charge >= 0.3 is 0 Å². The van der Waals surface area contributed by atoms with Gasteiger partial charge in [0.25, 0.3) is 5.91 Å². The fourth-order valence-electron chi connectivity index (χ4n) is 3.43. The predicted molar refractivity (Wildman–Crippen MR) is 102 cm³/mol. The Morgan fingerprint density at radius 1 is 1.04 bits per heavy atom. The summed E-state index contributed by atoms with van der Waals surface area (Å²) in [6.07, 6.45) is 3.50. The first-order valence-corrected chi connectivity index (χ1v) is 9.59. The van der Waals surface area contributed by atoms with Crippen molar-refractivity contribution in [3.8, 4) is 10.6 Å². The molecule has 0 aliphatic carbocycles. The molecule has 3 nitrogen and oxygen atoms in total. The summed E-state index contributed by atoms with van der Waals surface area (Å²) in [7, 11) is 0. The van der Waals surface area contributed by atoms with Crippen LogP contribution in [0.5, 0.6) is 0 Å². The molecule has 1 amide bonds. The van der Waals surface area contributed by atoms with Gasteiger partial charge in [-0.1, -0.05) is 42.5 Å². The van der Waals surface area contributed by atoms with Gasteiger partial charge in [0.05, 0.1) is 6.20 Å². The number of likely N-dealkylation sites (tertiary alicyclic amines) is 1. The Bertz CT molecular complexity index is 901. The molecule has 132 valence electrons. The molecule has 1 aliphatic rings. The third-order valence-corrected chi connectivity index (χ3v) is 5.89. The summed E-state index contributed by atoms with van der Waals surface area (Å²) < 4.78 is 13.9. The lowest BCUT2D eigenvalue weighted by Crippen LogP contribution is -2.37. The fourth-order valence-corrected chi connectivity index (χ4v) is 4.34. The molecule has 0 spiro atoms. The number of piperidine rings is 1. The van der Waals surface area contributed by atoms with Gasteiger partial charge in [0, 0.05) is 18.7 Å². The minimum atomic E-state index is -0.315. The zero-order chi connectivity index (χ0) is 17.9. The number of aromatic nitrogens is 1. The summed E-state index contributed by atoms with van der Waals surface area (Å²) in [6, 6.07) is 17.0. The van der Waals surface area contributed by atoms with Crippen LogP contribution in [0.3, 0.4) is 0 Å². The highest BCUT2D eigenvalue weighted by Crippen LogP contribution is 2.31. The third kappa shape index (κ3) is 3.40. The van der Waals surface area contributed by atoms with Crippen LogP contribution < -0.4 is 0 Å². The maximum atomic E-state index is 13.9. The van der Waals surface area contributed by atoms with E-state index in [0.717, 1.165) is 25.9 Å². The molecule has 0 atom stereocenters. The Morgan fingerprint density at radius 2 is 1.73 bits per heavy atom. The van der Waals surface area contributed by atoms with E-state index in [2.05, 4.69) is 29.2 Å². The number of carbonyl (C=O) groups excluding carboxylic acids is 1. The summed E-state index contributed by atoms with van der Waals surface area (Å²) in [6.45, 7) is 1.48. The first-order valence-electron chi connectivity index (χ1n) is 8.77. The van der Waals surface area contributed by atoms with Crippen molar-refractivity contribution in [1.29, 1.82) is 0 Å². The van der Waals surface area contributed by atoms with Crippen molar-refractivity contribution in [2.75, 3.05) is 13.1 Å². The van der Waals surface area contributed by atoms with Gasteiger partial charge < -0.3 is 4.90 Å². The number of hydrogen-bond acceptors (Lipinski definition) is 3. The molecule has 0 bridgehead atoms. The molecule has 0 saturated carbocycles. The van der Waals surface area contributed by atoms with Crippen LogP contribution in [-0.4, -0.2) is 28.9 Å². The van der Waals surface area contributed by atoms with Crippen molar-refractivity contribution >= 4 is 17.2 Å². The van der Waals surface area contributed by atoms with E-state index < -0.39 is 0 Å². The average Bonchev–Trinajstić information content (AvgIpc) is 3.18. The highest BCUT2D eigenvalue weighted by atomic mass is 32.1. The molecule has 0 N–H and O–H groups in total. The maximum absolute atomic E-state index is 13.9. The molecule has 1 aromatic heterocycles. The van der Waals surface area contributed by atoms with E-state index in [1.165, 1.54) is 23.0 Å². The van der Waals surface area contributed by atoms with E-state index in [9.17, 15) is 9.18 Å². The number of thiazole rings is 1. The molecule has 0 radical (unpaired) electrons. The Labute approximate surface area is 156 Å². The number of rotatable bonds is 3. The highest BCUT2D eigenvalue weighted by molar-refractivity contribution is 7.16. The Morgan fingerprint density at radius 3 is 2.46 bits per heavy atom. The van der Waals surface area contributed by atoms with Crippen LogP contribution in [0.4, 0.5) is 4.39 Å². The Kier molecular flexibility index (Phi) is 4.80. The number of nitrogens with zero attached hydrogens (tertiary/aromatic N) is 2. The van der Waals surface area contributed by atoms with Crippen molar-refractivity contribution in [2.24, 2.45) is 0 Å². The monoisotopic (exact) mass is 366 g/mol. The van der Waals surface area contributed by atoms with Gasteiger partial charge in [-0.3, -0.25) is 4.79 Å².